The molecule has 1 fully saturated rings. The second kappa shape index (κ2) is 7.85. The fraction of sp³-hybridized carbons (Fsp3) is 0.0870. The highest BCUT2D eigenvalue weighted by Crippen LogP contribution is 2.20. The standard InChI is InChI=1S/C23H18N2O3S/c1-25-22(27)20(21(26)24-23(25)29)13-15-7-10-19(11-8-15)28-14-16-6-9-17-4-2-3-5-18(17)12-16/h2-13H,14H2,1H3,(H,24,26,29)/b20-13+. The van der Waals surface area contributed by atoms with E-state index in [2.05, 4.69) is 35.6 Å². The van der Waals surface area contributed by atoms with Crippen LogP contribution in [-0.4, -0.2) is 28.9 Å². The van der Waals surface area contributed by atoms with Crippen molar-refractivity contribution in [3.8, 4) is 5.75 Å². The van der Waals surface area contributed by atoms with Crippen molar-refractivity contribution >= 4 is 46.0 Å². The fourth-order valence-corrected chi connectivity index (χ4v) is 3.24. The molecule has 2 amide bonds. The summed E-state index contributed by atoms with van der Waals surface area (Å²) in [5.41, 5.74) is 1.85. The van der Waals surface area contributed by atoms with Crippen LogP contribution in [-0.2, 0) is 16.2 Å². The number of likely N-dealkylation sites (N-methyl/N-ethyl adjacent to an activating group) is 1. The average molecular weight is 402 g/mol. The van der Waals surface area contributed by atoms with Crippen LogP contribution in [0.15, 0.2) is 72.3 Å². The van der Waals surface area contributed by atoms with E-state index in [1.165, 1.54) is 22.7 Å². The van der Waals surface area contributed by atoms with E-state index < -0.39 is 11.8 Å². The first kappa shape index (κ1) is 18.8. The molecule has 0 atom stereocenters. The molecule has 0 aliphatic carbocycles. The lowest BCUT2D eigenvalue weighted by Crippen LogP contribution is -2.52. The van der Waals surface area contributed by atoms with Crippen LogP contribution >= 0.6 is 12.2 Å². The van der Waals surface area contributed by atoms with E-state index in [0.29, 0.717) is 12.4 Å². The van der Waals surface area contributed by atoms with Crippen molar-refractivity contribution in [3.05, 3.63) is 83.4 Å². The molecule has 6 heteroatoms. The molecule has 0 radical (unpaired) electrons. The number of fused-ring (bicyclic) bond motifs is 1. The SMILES string of the molecule is CN1C(=O)/C(=C/c2ccc(OCc3ccc4ccccc4c3)cc2)C(=O)NC1=S. The lowest BCUT2D eigenvalue weighted by atomic mass is 10.1. The molecule has 0 bridgehead atoms. The topological polar surface area (TPSA) is 58.6 Å². The van der Waals surface area contributed by atoms with Crippen molar-refractivity contribution in [3.63, 3.8) is 0 Å². The first-order chi connectivity index (χ1) is 14.0. The molecule has 0 saturated carbocycles. The van der Waals surface area contributed by atoms with E-state index in [4.69, 9.17) is 17.0 Å². The lowest BCUT2D eigenvalue weighted by Gasteiger charge is -2.25. The molecule has 1 N–H and O–H groups in total. The summed E-state index contributed by atoms with van der Waals surface area (Å²) >= 11 is 4.94. The van der Waals surface area contributed by atoms with Crippen LogP contribution in [0.3, 0.4) is 0 Å². The maximum atomic E-state index is 12.3. The van der Waals surface area contributed by atoms with E-state index in [1.807, 2.05) is 24.3 Å². The molecule has 1 saturated heterocycles. The van der Waals surface area contributed by atoms with Gasteiger partial charge in [-0.1, -0.05) is 48.5 Å². The summed E-state index contributed by atoms with van der Waals surface area (Å²) in [5.74, 6) is -0.205. The van der Waals surface area contributed by atoms with E-state index in [0.717, 1.165) is 11.1 Å². The Morgan fingerprint density at radius 1 is 1.00 bits per heavy atom. The zero-order chi connectivity index (χ0) is 20.4. The van der Waals surface area contributed by atoms with Crippen molar-refractivity contribution in [1.29, 1.82) is 0 Å². The van der Waals surface area contributed by atoms with E-state index in [-0.39, 0.29) is 10.7 Å². The maximum Gasteiger partial charge on any atom is 0.265 e. The number of thiocarbonyl (C=S) groups is 1. The van der Waals surface area contributed by atoms with Gasteiger partial charge >= 0.3 is 0 Å². The summed E-state index contributed by atoms with van der Waals surface area (Å²) in [5, 5.41) is 4.98. The molecule has 4 rings (SSSR count). The fourth-order valence-electron chi connectivity index (χ4n) is 3.07. The lowest BCUT2D eigenvalue weighted by molar-refractivity contribution is -0.128. The number of amides is 2. The summed E-state index contributed by atoms with van der Waals surface area (Å²) < 4.78 is 5.87. The first-order valence-electron chi connectivity index (χ1n) is 9.07. The van der Waals surface area contributed by atoms with E-state index in [9.17, 15) is 9.59 Å². The smallest absolute Gasteiger partial charge is 0.265 e. The average Bonchev–Trinajstić information content (AvgIpc) is 2.74. The number of hydrogen-bond acceptors (Lipinski definition) is 4. The normalized spacial score (nSPS) is 15.7. The molecule has 0 unspecified atom stereocenters. The molecular formula is C23H18N2O3S. The van der Waals surface area contributed by atoms with Crippen LogP contribution in [0.2, 0.25) is 0 Å². The Bertz CT molecular complexity index is 1150. The third kappa shape index (κ3) is 4.02. The third-order valence-corrected chi connectivity index (χ3v) is 5.09. The predicted octanol–water partition coefficient (Wildman–Crippen LogP) is 3.68. The number of hydrogen-bond donors (Lipinski definition) is 1. The van der Waals surface area contributed by atoms with Crippen LogP contribution in [0.4, 0.5) is 0 Å². The van der Waals surface area contributed by atoms with Gasteiger partial charge in [-0.15, -0.1) is 0 Å². The Morgan fingerprint density at radius 2 is 1.72 bits per heavy atom. The number of rotatable bonds is 4. The van der Waals surface area contributed by atoms with Gasteiger partial charge in [-0.25, -0.2) is 0 Å². The molecule has 1 heterocycles. The molecule has 1 aliphatic rings. The van der Waals surface area contributed by atoms with Gasteiger partial charge in [0.15, 0.2) is 5.11 Å². The van der Waals surface area contributed by atoms with Crippen LogP contribution in [0.25, 0.3) is 16.8 Å². The Morgan fingerprint density at radius 3 is 2.48 bits per heavy atom. The molecule has 1 aliphatic heterocycles. The Kier molecular flexibility index (Phi) is 5.10. The van der Waals surface area contributed by atoms with E-state index in [1.54, 1.807) is 18.2 Å². The third-order valence-electron chi connectivity index (χ3n) is 4.72. The molecule has 5 nitrogen and oxygen atoms in total. The molecule has 0 aromatic heterocycles. The van der Waals surface area contributed by atoms with Gasteiger partial charge < -0.3 is 4.74 Å². The zero-order valence-corrected chi connectivity index (χ0v) is 16.5. The highest BCUT2D eigenvalue weighted by molar-refractivity contribution is 7.80. The van der Waals surface area contributed by atoms with Crippen LogP contribution in [0, 0.1) is 0 Å². The maximum absolute atomic E-state index is 12.3. The van der Waals surface area contributed by atoms with Crippen molar-refractivity contribution in [2.75, 3.05) is 7.05 Å². The first-order valence-corrected chi connectivity index (χ1v) is 9.48. The van der Waals surface area contributed by atoms with Crippen molar-refractivity contribution in [1.82, 2.24) is 10.2 Å². The van der Waals surface area contributed by atoms with Gasteiger partial charge in [-0.05, 0) is 58.4 Å². The predicted molar refractivity (Wildman–Crippen MR) is 116 cm³/mol. The number of carbonyl (C=O) groups is 2. The molecule has 144 valence electrons. The number of nitrogens with one attached hydrogen (secondary N) is 1. The molecule has 3 aromatic rings. The highest BCUT2D eigenvalue weighted by atomic mass is 32.1. The number of ether oxygens (including phenoxy) is 1. The van der Waals surface area contributed by atoms with Crippen LogP contribution < -0.4 is 10.1 Å². The molecule has 29 heavy (non-hydrogen) atoms. The van der Waals surface area contributed by atoms with Gasteiger partial charge in [0.25, 0.3) is 11.8 Å². The summed E-state index contributed by atoms with van der Waals surface area (Å²) in [7, 11) is 1.53. The minimum atomic E-state index is -0.491. The van der Waals surface area contributed by atoms with Crippen LogP contribution in [0.1, 0.15) is 11.1 Å². The van der Waals surface area contributed by atoms with Gasteiger partial charge in [-0.3, -0.25) is 19.8 Å². The molecule has 0 spiro atoms. The van der Waals surface area contributed by atoms with Crippen LogP contribution in [0.5, 0.6) is 5.75 Å². The quantitative estimate of drug-likeness (QED) is 0.411. The zero-order valence-electron chi connectivity index (χ0n) is 15.7. The number of carbonyl (C=O) groups excluding carboxylic acids is 2. The van der Waals surface area contributed by atoms with Crippen molar-refractivity contribution < 1.29 is 14.3 Å². The van der Waals surface area contributed by atoms with Gasteiger partial charge in [-0.2, -0.15) is 0 Å². The largest absolute Gasteiger partial charge is 0.489 e. The number of nitrogens with zero attached hydrogens (tertiary/aromatic N) is 1. The molecular weight excluding hydrogens is 384 g/mol. The highest BCUT2D eigenvalue weighted by Gasteiger charge is 2.30. The molecule has 3 aromatic carbocycles. The van der Waals surface area contributed by atoms with Gasteiger partial charge in [0, 0.05) is 7.05 Å². The Balaban J connectivity index is 1.45. The second-order valence-electron chi connectivity index (χ2n) is 6.72. The Labute approximate surface area is 173 Å². The minimum Gasteiger partial charge on any atom is -0.489 e. The second-order valence-corrected chi connectivity index (χ2v) is 7.11. The minimum absolute atomic E-state index is 0.0472. The Hall–Kier alpha value is -3.51. The van der Waals surface area contributed by atoms with Crippen molar-refractivity contribution in [2.45, 2.75) is 6.61 Å². The monoisotopic (exact) mass is 402 g/mol. The van der Waals surface area contributed by atoms with Gasteiger partial charge in [0.05, 0.1) is 0 Å². The summed E-state index contributed by atoms with van der Waals surface area (Å²) in [6.07, 6.45) is 1.54. The summed E-state index contributed by atoms with van der Waals surface area (Å²) in [6.45, 7) is 0.453. The van der Waals surface area contributed by atoms with Crippen molar-refractivity contribution in [2.24, 2.45) is 0 Å². The number of benzene rings is 3. The van der Waals surface area contributed by atoms with Gasteiger partial charge in [0.2, 0.25) is 0 Å². The van der Waals surface area contributed by atoms with Gasteiger partial charge in [0.1, 0.15) is 17.9 Å². The summed E-state index contributed by atoms with van der Waals surface area (Å²) in [6, 6.07) is 21.7. The van der Waals surface area contributed by atoms with E-state index >= 15 is 0 Å². The summed E-state index contributed by atoms with van der Waals surface area (Å²) in [4.78, 5) is 25.5.